The molecule has 4 saturated heterocycles. The van der Waals surface area contributed by atoms with Crippen LogP contribution in [0.5, 0.6) is 5.75 Å². The van der Waals surface area contributed by atoms with Crippen molar-refractivity contribution in [2.24, 2.45) is 5.73 Å². The summed E-state index contributed by atoms with van der Waals surface area (Å²) in [5, 5.41) is 10.4. The Morgan fingerprint density at radius 1 is 1.07 bits per heavy atom. The Morgan fingerprint density at radius 2 is 1.66 bits per heavy atom. The van der Waals surface area contributed by atoms with E-state index in [1.807, 2.05) is 0 Å². The Kier molecular flexibility index (Phi) is 6.82. The number of thioether (sulfide) groups is 1. The van der Waals surface area contributed by atoms with Crippen LogP contribution in [0.2, 0.25) is 0 Å². The molecule has 0 aliphatic carbocycles. The number of hydrogen-bond donors (Lipinski definition) is 3. The Balaban J connectivity index is 1.19. The van der Waals surface area contributed by atoms with Crippen LogP contribution in [0, 0.1) is 0 Å². The smallest absolute Gasteiger partial charge is 0.333 e. The largest absolute Gasteiger partial charge is 0.508 e. The van der Waals surface area contributed by atoms with E-state index in [4.69, 9.17) is 15.2 Å². The highest BCUT2D eigenvalue weighted by Crippen LogP contribution is 2.51. The first kappa shape index (κ1) is 29.1. The van der Waals surface area contributed by atoms with Crippen molar-refractivity contribution in [2.45, 2.75) is 78.5 Å². The van der Waals surface area contributed by atoms with Crippen molar-refractivity contribution in [3.63, 3.8) is 0 Å². The summed E-state index contributed by atoms with van der Waals surface area (Å²) in [4.78, 5) is 65.9. The van der Waals surface area contributed by atoms with Gasteiger partial charge in [-0.2, -0.15) is 0 Å². The van der Waals surface area contributed by atoms with Gasteiger partial charge in [-0.05, 0) is 45.4 Å². The predicted molar refractivity (Wildman–Crippen MR) is 142 cm³/mol. The number of ether oxygens (including phenoxy) is 2. The van der Waals surface area contributed by atoms with Crippen LogP contribution in [0.4, 0.5) is 0 Å². The number of benzene rings is 1. The van der Waals surface area contributed by atoms with Crippen LogP contribution in [0.25, 0.3) is 0 Å². The van der Waals surface area contributed by atoms with Gasteiger partial charge in [0.1, 0.15) is 40.7 Å². The van der Waals surface area contributed by atoms with Crippen molar-refractivity contribution < 1.29 is 47.0 Å². The third-order valence-corrected chi connectivity index (χ3v) is 12.5. The maximum Gasteiger partial charge on any atom is 0.333 e. The van der Waals surface area contributed by atoms with Crippen molar-refractivity contribution in [3.8, 4) is 5.75 Å². The minimum Gasteiger partial charge on any atom is -0.508 e. The van der Waals surface area contributed by atoms with E-state index in [-0.39, 0.29) is 12.2 Å². The average molecular weight is 611 g/mol. The molecule has 0 saturated carbocycles. The molecule has 1 aromatic rings. The number of rotatable bonds is 7. The first-order chi connectivity index (χ1) is 19.0. The summed E-state index contributed by atoms with van der Waals surface area (Å²) in [5.74, 6) is -3.47. The number of amides is 3. The van der Waals surface area contributed by atoms with Crippen LogP contribution >= 0.6 is 11.8 Å². The molecule has 4 heterocycles. The number of nitrogens with two attached hydrogens (primary N) is 1. The second-order valence-electron chi connectivity index (χ2n) is 11.4. The number of hydrogen-bond acceptors (Lipinski definition) is 12. The van der Waals surface area contributed by atoms with Gasteiger partial charge in [0.05, 0.1) is 11.2 Å². The number of phenols is 1. The number of sulfone groups is 1. The summed E-state index contributed by atoms with van der Waals surface area (Å²) in [5.41, 5.74) is 6.45. The first-order valence-corrected chi connectivity index (χ1v) is 15.2. The molecule has 0 aromatic heterocycles. The SMILES string of the molecule is CC1(C)S[C@@H]2[C@H](NC(=O)C(N)c3ccc(O)cc3)C(=O)N2[C@H]1C(=O)OCOC(=O)[C@@H]1N2C(=O)C[C@H]2S(=O)(=O)C1(C)C. The highest BCUT2D eigenvalue weighted by molar-refractivity contribution is 8.01. The van der Waals surface area contributed by atoms with Gasteiger partial charge >= 0.3 is 11.9 Å². The van der Waals surface area contributed by atoms with Crippen molar-refractivity contribution in [2.75, 3.05) is 6.79 Å². The first-order valence-electron chi connectivity index (χ1n) is 12.7. The lowest BCUT2D eigenvalue weighted by Crippen LogP contribution is -2.71. The Hall–Kier alpha value is -3.37. The van der Waals surface area contributed by atoms with Crippen LogP contribution in [-0.2, 0) is 43.3 Å². The van der Waals surface area contributed by atoms with Gasteiger partial charge in [-0.1, -0.05) is 12.1 Å². The van der Waals surface area contributed by atoms with E-state index in [0.717, 1.165) is 4.90 Å². The molecule has 4 fully saturated rings. The van der Waals surface area contributed by atoms with Crippen molar-refractivity contribution in [1.29, 1.82) is 0 Å². The zero-order valence-electron chi connectivity index (χ0n) is 22.6. The highest BCUT2D eigenvalue weighted by Gasteiger charge is 2.68. The molecule has 1 unspecified atom stereocenters. The van der Waals surface area contributed by atoms with Crippen molar-refractivity contribution in [3.05, 3.63) is 29.8 Å². The fraction of sp³-hybridized carbons (Fsp3) is 0.560. The number of carbonyl (C=O) groups is 5. The van der Waals surface area contributed by atoms with Crippen LogP contribution in [-0.4, -0.2) is 98.1 Å². The molecular formula is C25H30N4O10S2. The summed E-state index contributed by atoms with van der Waals surface area (Å²) < 4.78 is 33.3. The molecule has 0 bridgehead atoms. The van der Waals surface area contributed by atoms with Gasteiger partial charge in [-0.15, -0.1) is 11.8 Å². The molecule has 41 heavy (non-hydrogen) atoms. The molecule has 16 heteroatoms. The molecule has 4 aliphatic rings. The minimum atomic E-state index is -3.81. The molecule has 3 amide bonds. The average Bonchev–Trinajstić information content (AvgIpc) is 3.22. The van der Waals surface area contributed by atoms with Gasteiger partial charge in [0.25, 0.3) is 0 Å². The maximum atomic E-state index is 13.0. The molecule has 14 nitrogen and oxygen atoms in total. The zero-order valence-corrected chi connectivity index (χ0v) is 24.2. The van der Waals surface area contributed by atoms with E-state index < -0.39 is 90.7 Å². The van der Waals surface area contributed by atoms with Crippen LogP contribution in [0.3, 0.4) is 0 Å². The van der Waals surface area contributed by atoms with Crippen LogP contribution < -0.4 is 11.1 Å². The maximum absolute atomic E-state index is 13.0. The third-order valence-electron chi connectivity index (χ3n) is 8.10. The Labute approximate surface area is 239 Å². The van der Waals surface area contributed by atoms with E-state index in [2.05, 4.69) is 5.32 Å². The van der Waals surface area contributed by atoms with Gasteiger partial charge in [0, 0.05) is 4.75 Å². The molecule has 5 rings (SSSR count). The molecule has 0 radical (unpaired) electrons. The fourth-order valence-electron chi connectivity index (χ4n) is 5.72. The lowest BCUT2D eigenvalue weighted by molar-refractivity contribution is -0.181. The quantitative estimate of drug-likeness (QED) is 0.196. The Bertz CT molecular complexity index is 1440. The minimum absolute atomic E-state index is 0.0126. The Morgan fingerprint density at radius 3 is 2.24 bits per heavy atom. The van der Waals surface area contributed by atoms with Gasteiger partial charge in [0.15, 0.2) is 9.84 Å². The molecule has 6 atom stereocenters. The molecular weight excluding hydrogens is 580 g/mol. The fourth-order valence-corrected chi connectivity index (χ4v) is 9.46. The van der Waals surface area contributed by atoms with E-state index in [1.54, 1.807) is 13.8 Å². The summed E-state index contributed by atoms with van der Waals surface area (Å²) in [6.45, 7) is 5.29. The van der Waals surface area contributed by atoms with Gasteiger partial charge in [0.2, 0.25) is 24.5 Å². The molecule has 4 aliphatic heterocycles. The van der Waals surface area contributed by atoms with Gasteiger partial charge in [-0.3, -0.25) is 14.4 Å². The molecule has 1 aromatic carbocycles. The number of fused-ring (bicyclic) bond motifs is 2. The summed E-state index contributed by atoms with van der Waals surface area (Å²) >= 11 is 1.28. The standard InChI is InChI=1S/C25H30N4O10S2/c1-24(2)17(22(34)38-10-39-23(35)18-25(3,4)41(36,37)14-9-13(31)28(14)18)29-20(33)16(21(29)40-24)27-19(32)15(26)11-5-7-12(30)8-6-11/h5-8,14-18,21,30H,9-10,26H2,1-4H3,(H,27,32)/t14-,15?,16-,17+,18+,21-/m1/s1. The lowest BCUT2D eigenvalue weighted by atomic mass is 9.95. The summed E-state index contributed by atoms with van der Waals surface area (Å²) in [7, 11) is -3.81. The second kappa shape index (κ2) is 9.59. The zero-order chi connectivity index (χ0) is 30.2. The van der Waals surface area contributed by atoms with E-state index in [1.165, 1.54) is 54.8 Å². The van der Waals surface area contributed by atoms with Crippen molar-refractivity contribution in [1.82, 2.24) is 15.1 Å². The van der Waals surface area contributed by atoms with Crippen LogP contribution in [0.15, 0.2) is 24.3 Å². The van der Waals surface area contributed by atoms with Gasteiger partial charge in [-0.25, -0.2) is 18.0 Å². The lowest BCUT2D eigenvalue weighted by Gasteiger charge is -2.44. The van der Waals surface area contributed by atoms with E-state index in [9.17, 15) is 37.5 Å². The van der Waals surface area contributed by atoms with Crippen molar-refractivity contribution >= 4 is 51.3 Å². The number of nitrogens with zero attached hydrogens (tertiary/aromatic N) is 2. The summed E-state index contributed by atoms with van der Waals surface area (Å²) in [6.07, 6.45) is -0.200. The second-order valence-corrected chi connectivity index (χ2v) is 15.8. The third kappa shape index (κ3) is 4.34. The normalized spacial score (nSPS) is 30.8. The number of carbonyl (C=O) groups excluding carboxylic acids is 5. The van der Waals surface area contributed by atoms with Gasteiger partial charge < -0.3 is 35.4 Å². The number of esters is 2. The molecule has 0 spiro atoms. The van der Waals surface area contributed by atoms with Crippen LogP contribution in [0.1, 0.15) is 45.7 Å². The predicted octanol–water partition coefficient (Wildman–Crippen LogP) is -0.883. The van der Waals surface area contributed by atoms with E-state index in [0.29, 0.717) is 5.56 Å². The highest BCUT2D eigenvalue weighted by atomic mass is 32.2. The number of phenolic OH excluding ortho intramolecular Hbond substituents is 1. The molecule has 222 valence electrons. The number of nitrogens with one attached hydrogen (secondary N) is 1. The number of aromatic hydroxyl groups is 1. The monoisotopic (exact) mass is 610 g/mol. The van der Waals surface area contributed by atoms with E-state index >= 15 is 0 Å². The number of β-lactam (4-membered cyclic amide) rings is 2. The topological polar surface area (TPSA) is 203 Å². The summed E-state index contributed by atoms with van der Waals surface area (Å²) in [6, 6.07) is 1.30. The molecule has 4 N–H and O–H groups in total.